The van der Waals surface area contributed by atoms with Gasteiger partial charge in [0.05, 0.1) is 7.11 Å². The van der Waals surface area contributed by atoms with E-state index >= 15 is 0 Å². The number of nitrogens with one attached hydrogen (secondary N) is 1. The molecule has 3 aromatic rings. The second-order valence-corrected chi connectivity index (χ2v) is 5.82. The first kappa shape index (κ1) is 17.5. The molecule has 0 aliphatic carbocycles. The van der Waals surface area contributed by atoms with Crippen molar-refractivity contribution in [2.24, 2.45) is 0 Å². The van der Waals surface area contributed by atoms with Crippen LogP contribution in [0.3, 0.4) is 0 Å². The second-order valence-electron chi connectivity index (χ2n) is 5.82. The number of ether oxygens (including phenoxy) is 2. The summed E-state index contributed by atoms with van der Waals surface area (Å²) in [6.45, 7) is 3.27. The Morgan fingerprint density at radius 3 is 2.54 bits per heavy atom. The number of hydrogen-bond acceptors (Lipinski definition) is 5. The topological polar surface area (TPSA) is 77.8 Å². The van der Waals surface area contributed by atoms with Crippen molar-refractivity contribution in [1.29, 1.82) is 0 Å². The van der Waals surface area contributed by atoms with Gasteiger partial charge in [0.2, 0.25) is 5.76 Å². The van der Waals surface area contributed by atoms with Crippen LogP contribution in [0.25, 0.3) is 11.0 Å². The molecule has 2 aromatic carbocycles. The number of furan rings is 1. The van der Waals surface area contributed by atoms with Gasteiger partial charge in [-0.05, 0) is 44.2 Å². The molecule has 0 fully saturated rings. The maximum Gasteiger partial charge on any atom is 0.375 e. The second kappa shape index (κ2) is 7.31. The SMILES string of the molecule is COc1ccc2oc(C(=O)O[C@H](C)C(=O)Nc3ccccc3)c(C)c2c1. The van der Waals surface area contributed by atoms with Crippen molar-refractivity contribution in [3.05, 3.63) is 59.9 Å². The van der Waals surface area contributed by atoms with E-state index in [9.17, 15) is 9.59 Å². The number of amides is 1. The van der Waals surface area contributed by atoms with E-state index in [1.165, 1.54) is 6.92 Å². The minimum absolute atomic E-state index is 0.0765. The molecule has 0 saturated carbocycles. The number of esters is 1. The number of rotatable bonds is 5. The molecule has 1 heterocycles. The van der Waals surface area contributed by atoms with Gasteiger partial charge < -0.3 is 19.2 Å². The first-order chi connectivity index (χ1) is 12.5. The van der Waals surface area contributed by atoms with Gasteiger partial charge in [-0.3, -0.25) is 4.79 Å². The fourth-order valence-electron chi connectivity index (χ4n) is 2.55. The Kier molecular flexibility index (Phi) is 4.93. The van der Waals surface area contributed by atoms with Crippen molar-refractivity contribution in [3.8, 4) is 5.75 Å². The van der Waals surface area contributed by atoms with Crippen molar-refractivity contribution in [3.63, 3.8) is 0 Å². The number of fused-ring (bicyclic) bond motifs is 1. The Balaban J connectivity index is 1.74. The molecule has 0 bridgehead atoms. The number of carbonyl (C=O) groups is 2. The number of anilines is 1. The van der Waals surface area contributed by atoms with Crippen LogP contribution >= 0.6 is 0 Å². The van der Waals surface area contributed by atoms with E-state index in [-0.39, 0.29) is 5.76 Å². The summed E-state index contributed by atoms with van der Waals surface area (Å²) in [7, 11) is 1.57. The molecule has 0 radical (unpaired) electrons. The van der Waals surface area contributed by atoms with Crippen molar-refractivity contribution in [2.75, 3.05) is 12.4 Å². The average molecular weight is 353 g/mol. The van der Waals surface area contributed by atoms with Crippen LogP contribution in [-0.4, -0.2) is 25.1 Å². The van der Waals surface area contributed by atoms with Gasteiger partial charge in [-0.1, -0.05) is 18.2 Å². The molecule has 0 unspecified atom stereocenters. The molecule has 26 heavy (non-hydrogen) atoms. The fourth-order valence-corrected chi connectivity index (χ4v) is 2.55. The van der Waals surface area contributed by atoms with Crippen LogP contribution in [0.5, 0.6) is 5.75 Å². The van der Waals surface area contributed by atoms with Crippen molar-refractivity contribution in [1.82, 2.24) is 0 Å². The molecule has 6 nitrogen and oxygen atoms in total. The molecule has 6 heteroatoms. The van der Waals surface area contributed by atoms with Crippen LogP contribution in [0.4, 0.5) is 5.69 Å². The molecule has 1 N–H and O–H groups in total. The molecule has 0 aliphatic rings. The number of para-hydroxylation sites is 1. The van der Waals surface area contributed by atoms with Crippen LogP contribution in [0.15, 0.2) is 52.9 Å². The Labute approximate surface area is 150 Å². The molecule has 1 atom stereocenters. The zero-order chi connectivity index (χ0) is 18.7. The highest BCUT2D eigenvalue weighted by molar-refractivity contribution is 5.99. The van der Waals surface area contributed by atoms with Crippen molar-refractivity contribution < 1.29 is 23.5 Å². The number of aryl methyl sites for hydroxylation is 1. The smallest absolute Gasteiger partial charge is 0.375 e. The number of benzene rings is 2. The molecule has 1 amide bonds. The van der Waals surface area contributed by atoms with Crippen LogP contribution < -0.4 is 10.1 Å². The van der Waals surface area contributed by atoms with E-state index in [0.717, 1.165) is 5.39 Å². The molecule has 0 aliphatic heterocycles. The molecule has 0 spiro atoms. The highest BCUT2D eigenvalue weighted by Crippen LogP contribution is 2.29. The Morgan fingerprint density at radius 1 is 1.12 bits per heavy atom. The monoisotopic (exact) mass is 353 g/mol. The van der Waals surface area contributed by atoms with Gasteiger partial charge >= 0.3 is 5.97 Å². The van der Waals surface area contributed by atoms with Gasteiger partial charge in [-0.15, -0.1) is 0 Å². The van der Waals surface area contributed by atoms with E-state index in [4.69, 9.17) is 13.9 Å². The zero-order valence-corrected chi connectivity index (χ0v) is 14.7. The first-order valence-electron chi connectivity index (χ1n) is 8.13. The summed E-state index contributed by atoms with van der Waals surface area (Å²) in [6.07, 6.45) is -0.968. The number of methoxy groups -OCH3 is 1. The van der Waals surface area contributed by atoms with E-state index in [1.54, 1.807) is 56.5 Å². The molecule has 1 aromatic heterocycles. The van der Waals surface area contributed by atoms with E-state index in [1.807, 2.05) is 6.07 Å². The first-order valence-corrected chi connectivity index (χ1v) is 8.13. The third-order valence-corrected chi connectivity index (χ3v) is 4.02. The zero-order valence-electron chi connectivity index (χ0n) is 14.7. The lowest BCUT2D eigenvalue weighted by atomic mass is 10.1. The van der Waals surface area contributed by atoms with Crippen LogP contribution in [0, 0.1) is 6.92 Å². The molecular formula is C20H19NO5. The predicted octanol–water partition coefficient (Wildman–Crippen LogP) is 3.93. The lowest BCUT2D eigenvalue weighted by Crippen LogP contribution is -2.30. The maximum absolute atomic E-state index is 12.4. The Hall–Kier alpha value is -3.28. The summed E-state index contributed by atoms with van der Waals surface area (Å²) in [4.78, 5) is 24.6. The molecule has 0 saturated heterocycles. The van der Waals surface area contributed by atoms with Crippen molar-refractivity contribution in [2.45, 2.75) is 20.0 Å². The number of hydrogen-bond donors (Lipinski definition) is 1. The van der Waals surface area contributed by atoms with Gasteiger partial charge in [0.1, 0.15) is 11.3 Å². The van der Waals surface area contributed by atoms with Crippen LogP contribution in [-0.2, 0) is 9.53 Å². The summed E-state index contributed by atoms with van der Waals surface area (Å²) in [5, 5.41) is 3.45. The Bertz CT molecular complexity index is 945. The van der Waals surface area contributed by atoms with Gasteiger partial charge in [0, 0.05) is 16.6 Å². The Morgan fingerprint density at radius 2 is 1.85 bits per heavy atom. The minimum Gasteiger partial charge on any atom is -0.497 e. The highest BCUT2D eigenvalue weighted by Gasteiger charge is 2.24. The summed E-state index contributed by atoms with van der Waals surface area (Å²) in [5.74, 6) is -0.363. The summed E-state index contributed by atoms with van der Waals surface area (Å²) in [5.41, 5.74) is 1.82. The predicted molar refractivity (Wildman–Crippen MR) is 97.5 cm³/mol. The third kappa shape index (κ3) is 3.54. The summed E-state index contributed by atoms with van der Waals surface area (Å²) < 4.78 is 16.0. The molecule has 134 valence electrons. The third-order valence-electron chi connectivity index (χ3n) is 4.02. The molecular weight excluding hydrogens is 334 g/mol. The summed E-state index contributed by atoms with van der Waals surface area (Å²) in [6, 6.07) is 14.2. The van der Waals surface area contributed by atoms with Crippen LogP contribution in [0.2, 0.25) is 0 Å². The lowest BCUT2D eigenvalue weighted by Gasteiger charge is -2.12. The van der Waals surface area contributed by atoms with Crippen LogP contribution in [0.1, 0.15) is 23.0 Å². The quantitative estimate of drug-likeness (QED) is 0.703. The lowest BCUT2D eigenvalue weighted by molar-refractivity contribution is -0.123. The van der Waals surface area contributed by atoms with Gasteiger partial charge in [0.15, 0.2) is 6.10 Å². The average Bonchev–Trinajstić information content (AvgIpc) is 2.98. The van der Waals surface area contributed by atoms with Gasteiger partial charge in [-0.25, -0.2) is 4.79 Å². The normalized spacial score (nSPS) is 11.8. The van der Waals surface area contributed by atoms with E-state index in [2.05, 4.69) is 5.32 Å². The highest BCUT2D eigenvalue weighted by atomic mass is 16.6. The minimum atomic E-state index is -0.968. The van der Waals surface area contributed by atoms with Gasteiger partial charge in [-0.2, -0.15) is 0 Å². The molecule has 3 rings (SSSR count). The van der Waals surface area contributed by atoms with Crippen molar-refractivity contribution >= 4 is 28.5 Å². The summed E-state index contributed by atoms with van der Waals surface area (Å²) >= 11 is 0. The number of carbonyl (C=O) groups excluding carboxylic acids is 2. The van der Waals surface area contributed by atoms with E-state index < -0.39 is 18.0 Å². The fraction of sp³-hybridized carbons (Fsp3) is 0.200. The standard InChI is InChI=1S/C20H19NO5/c1-12-16-11-15(24-3)9-10-17(16)26-18(12)20(23)25-13(2)19(22)21-14-7-5-4-6-8-14/h4-11,13H,1-3H3,(H,21,22)/t13-/m1/s1. The maximum atomic E-state index is 12.4. The largest absolute Gasteiger partial charge is 0.497 e. The van der Waals surface area contributed by atoms with E-state index in [0.29, 0.717) is 22.6 Å². The van der Waals surface area contributed by atoms with Gasteiger partial charge in [0.25, 0.3) is 5.91 Å².